The second-order valence-electron chi connectivity index (χ2n) is 5.25. The Kier molecular flexibility index (Phi) is 6.79. The lowest BCUT2D eigenvalue weighted by molar-refractivity contribution is -0.121. The Hall–Kier alpha value is -2.86. The number of furan rings is 1. The van der Waals surface area contributed by atoms with Crippen molar-refractivity contribution in [3.05, 3.63) is 72.7 Å². The number of nitrogens with one attached hydrogen (secondary N) is 2. The van der Waals surface area contributed by atoms with E-state index in [2.05, 4.69) is 17.2 Å². The summed E-state index contributed by atoms with van der Waals surface area (Å²) in [7, 11) is 0. The highest BCUT2D eigenvalue weighted by Gasteiger charge is 2.13. The first kappa shape index (κ1) is 17.5. The lowest BCUT2D eigenvalue weighted by atomic mass is 10.2. The van der Waals surface area contributed by atoms with Crippen molar-refractivity contribution in [2.24, 2.45) is 0 Å². The van der Waals surface area contributed by atoms with Crippen molar-refractivity contribution in [2.45, 2.75) is 13.1 Å². The van der Waals surface area contributed by atoms with Crippen molar-refractivity contribution in [1.29, 1.82) is 0 Å². The summed E-state index contributed by atoms with van der Waals surface area (Å²) in [6.45, 7) is 5.20. The molecule has 0 saturated heterocycles. The fraction of sp³-hybridized carbons (Fsp3) is 0.222. The number of hydrogen-bond donors (Lipinski definition) is 2. The summed E-state index contributed by atoms with van der Waals surface area (Å²) in [6, 6.07) is 12.7. The van der Waals surface area contributed by atoms with E-state index >= 15 is 0 Å². The molecule has 0 bridgehead atoms. The van der Waals surface area contributed by atoms with Crippen LogP contribution in [0, 0.1) is 0 Å². The van der Waals surface area contributed by atoms with Gasteiger partial charge >= 0.3 is 6.03 Å². The highest BCUT2D eigenvalue weighted by Crippen LogP contribution is 2.04. The largest absolute Gasteiger partial charge is 0.467 e. The fourth-order valence-electron chi connectivity index (χ4n) is 2.20. The van der Waals surface area contributed by atoms with Crippen LogP contribution in [-0.4, -0.2) is 29.9 Å². The molecule has 0 fully saturated rings. The monoisotopic (exact) mass is 327 g/mol. The molecule has 2 aromatic rings. The van der Waals surface area contributed by atoms with E-state index in [0.29, 0.717) is 18.8 Å². The Bertz CT molecular complexity index is 653. The number of hydrogen-bond acceptors (Lipinski definition) is 4. The average Bonchev–Trinajstić information content (AvgIpc) is 3.07. The minimum absolute atomic E-state index is 0.106. The van der Waals surface area contributed by atoms with E-state index in [1.54, 1.807) is 18.2 Å². The molecule has 1 heterocycles. The number of urea groups is 1. The lowest BCUT2D eigenvalue weighted by Crippen LogP contribution is -2.44. The van der Waals surface area contributed by atoms with Crippen LogP contribution in [0.5, 0.6) is 0 Å². The number of rotatable bonds is 8. The first-order chi connectivity index (χ1) is 11.7. The topological polar surface area (TPSA) is 74.6 Å². The first-order valence-electron chi connectivity index (χ1n) is 7.64. The standard InChI is InChI=1S/C18H21N3O3/c1-2-10-21(13-15-7-4-3-5-8-15)14-17(22)20-18(23)19-12-16-9-6-11-24-16/h2-9,11H,1,10,12-14H2,(H2,19,20,22,23). The van der Waals surface area contributed by atoms with Gasteiger partial charge in [0, 0.05) is 13.1 Å². The Morgan fingerprint density at radius 2 is 1.96 bits per heavy atom. The molecule has 6 nitrogen and oxygen atoms in total. The van der Waals surface area contributed by atoms with Crippen LogP contribution < -0.4 is 10.6 Å². The Morgan fingerprint density at radius 1 is 1.17 bits per heavy atom. The second kappa shape index (κ2) is 9.32. The maximum absolute atomic E-state index is 12.0. The molecule has 2 rings (SSSR count). The molecular formula is C18H21N3O3. The lowest BCUT2D eigenvalue weighted by Gasteiger charge is -2.20. The minimum Gasteiger partial charge on any atom is -0.467 e. The van der Waals surface area contributed by atoms with E-state index in [1.165, 1.54) is 6.26 Å². The van der Waals surface area contributed by atoms with Crippen LogP contribution in [-0.2, 0) is 17.9 Å². The highest BCUT2D eigenvalue weighted by molar-refractivity contribution is 5.95. The molecule has 0 atom stereocenters. The van der Waals surface area contributed by atoms with Crippen molar-refractivity contribution in [3.8, 4) is 0 Å². The molecule has 0 aliphatic heterocycles. The van der Waals surface area contributed by atoms with Gasteiger partial charge in [-0.1, -0.05) is 36.4 Å². The summed E-state index contributed by atoms with van der Waals surface area (Å²) in [5, 5.41) is 4.88. The van der Waals surface area contributed by atoms with Gasteiger partial charge in [-0.25, -0.2) is 4.79 Å². The third-order valence-corrected chi connectivity index (χ3v) is 3.26. The van der Waals surface area contributed by atoms with Gasteiger partial charge in [-0.15, -0.1) is 6.58 Å². The molecule has 3 amide bonds. The summed E-state index contributed by atoms with van der Waals surface area (Å²) in [6.07, 6.45) is 3.25. The molecule has 0 aliphatic rings. The Labute approximate surface area is 141 Å². The summed E-state index contributed by atoms with van der Waals surface area (Å²) in [5.74, 6) is 0.250. The summed E-state index contributed by atoms with van der Waals surface area (Å²) >= 11 is 0. The molecule has 1 aromatic heterocycles. The molecule has 0 radical (unpaired) electrons. The highest BCUT2D eigenvalue weighted by atomic mass is 16.3. The fourth-order valence-corrected chi connectivity index (χ4v) is 2.20. The van der Waals surface area contributed by atoms with Crippen molar-refractivity contribution in [2.75, 3.05) is 13.1 Å². The predicted octanol–water partition coefficient (Wildman–Crippen LogP) is 2.29. The van der Waals surface area contributed by atoms with E-state index in [4.69, 9.17) is 4.42 Å². The van der Waals surface area contributed by atoms with Gasteiger partial charge in [0.1, 0.15) is 5.76 Å². The zero-order valence-corrected chi connectivity index (χ0v) is 13.4. The van der Waals surface area contributed by atoms with E-state index in [1.807, 2.05) is 35.2 Å². The summed E-state index contributed by atoms with van der Waals surface area (Å²) in [4.78, 5) is 25.6. The summed E-state index contributed by atoms with van der Waals surface area (Å²) < 4.78 is 5.11. The minimum atomic E-state index is -0.547. The molecule has 0 saturated carbocycles. The Morgan fingerprint density at radius 3 is 2.62 bits per heavy atom. The van der Waals surface area contributed by atoms with Gasteiger partial charge in [0.15, 0.2) is 0 Å². The van der Waals surface area contributed by atoms with E-state index in [0.717, 1.165) is 5.56 Å². The number of imide groups is 1. The van der Waals surface area contributed by atoms with Gasteiger partial charge in [-0.05, 0) is 17.7 Å². The predicted molar refractivity (Wildman–Crippen MR) is 91.0 cm³/mol. The van der Waals surface area contributed by atoms with Gasteiger partial charge in [0.05, 0.1) is 19.4 Å². The number of nitrogens with zero attached hydrogens (tertiary/aromatic N) is 1. The molecule has 2 N–H and O–H groups in total. The van der Waals surface area contributed by atoms with Gasteiger partial charge in [-0.3, -0.25) is 15.0 Å². The molecule has 0 spiro atoms. The van der Waals surface area contributed by atoms with Crippen LogP contribution in [0.2, 0.25) is 0 Å². The van der Waals surface area contributed by atoms with Crippen molar-refractivity contribution in [3.63, 3.8) is 0 Å². The van der Waals surface area contributed by atoms with Crippen LogP contribution in [0.4, 0.5) is 4.79 Å². The maximum Gasteiger partial charge on any atom is 0.321 e. The molecule has 0 aliphatic carbocycles. The van der Waals surface area contributed by atoms with Crippen molar-refractivity contribution < 1.29 is 14.0 Å². The smallest absolute Gasteiger partial charge is 0.321 e. The first-order valence-corrected chi connectivity index (χ1v) is 7.64. The SMILES string of the molecule is C=CCN(CC(=O)NC(=O)NCc1ccco1)Cc1ccccc1. The quantitative estimate of drug-likeness (QED) is 0.730. The molecular weight excluding hydrogens is 306 g/mol. The zero-order valence-electron chi connectivity index (χ0n) is 13.4. The van der Waals surface area contributed by atoms with Crippen LogP contribution in [0.15, 0.2) is 65.8 Å². The zero-order chi connectivity index (χ0) is 17.2. The molecule has 6 heteroatoms. The second-order valence-corrected chi connectivity index (χ2v) is 5.25. The van der Waals surface area contributed by atoms with Gasteiger partial charge in [0.2, 0.25) is 5.91 Å². The number of benzene rings is 1. The molecule has 24 heavy (non-hydrogen) atoms. The van der Waals surface area contributed by atoms with E-state index in [9.17, 15) is 9.59 Å². The summed E-state index contributed by atoms with van der Waals surface area (Å²) in [5.41, 5.74) is 1.09. The van der Waals surface area contributed by atoms with Crippen molar-refractivity contribution >= 4 is 11.9 Å². The molecule has 0 unspecified atom stereocenters. The van der Waals surface area contributed by atoms with Crippen LogP contribution in [0.25, 0.3) is 0 Å². The maximum atomic E-state index is 12.0. The molecule has 1 aromatic carbocycles. The van der Waals surface area contributed by atoms with Crippen LogP contribution in [0.1, 0.15) is 11.3 Å². The Balaban J connectivity index is 1.79. The normalized spacial score (nSPS) is 10.4. The van der Waals surface area contributed by atoms with E-state index < -0.39 is 6.03 Å². The van der Waals surface area contributed by atoms with Crippen LogP contribution >= 0.6 is 0 Å². The number of carbonyl (C=O) groups excluding carboxylic acids is 2. The van der Waals surface area contributed by atoms with Gasteiger partial charge in [0.25, 0.3) is 0 Å². The third kappa shape index (κ3) is 6.10. The molecule has 126 valence electrons. The van der Waals surface area contributed by atoms with Gasteiger partial charge in [-0.2, -0.15) is 0 Å². The van der Waals surface area contributed by atoms with Crippen LogP contribution in [0.3, 0.4) is 0 Å². The number of carbonyl (C=O) groups is 2. The van der Waals surface area contributed by atoms with Crippen molar-refractivity contribution in [1.82, 2.24) is 15.5 Å². The average molecular weight is 327 g/mol. The third-order valence-electron chi connectivity index (χ3n) is 3.26. The van der Waals surface area contributed by atoms with E-state index in [-0.39, 0.29) is 19.0 Å². The van der Waals surface area contributed by atoms with Gasteiger partial charge < -0.3 is 9.73 Å². The number of amides is 3.